The molecule has 34 heavy (non-hydrogen) atoms. The predicted octanol–water partition coefficient (Wildman–Crippen LogP) is 8.44. The Hall–Kier alpha value is -2.67. The van der Waals surface area contributed by atoms with Crippen molar-refractivity contribution in [2.24, 2.45) is 0 Å². The van der Waals surface area contributed by atoms with Crippen molar-refractivity contribution in [2.45, 2.75) is 6.42 Å². The van der Waals surface area contributed by atoms with Crippen LogP contribution in [0.4, 0.5) is 0 Å². The summed E-state index contributed by atoms with van der Waals surface area (Å²) >= 11 is 1.36. The third-order valence-electron chi connectivity index (χ3n) is 6.12. The van der Waals surface area contributed by atoms with Gasteiger partial charge in [-0.3, -0.25) is 0 Å². The zero-order valence-corrected chi connectivity index (χ0v) is 23.1. The van der Waals surface area contributed by atoms with Gasteiger partial charge in [0.2, 0.25) is 0 Å². The number of hydrogen-bond donors (Lipinski definition) is 0. The van der Waals surface area contributed by atoms with Crippen LogP contribution in [-0.2, 0) is 29.8 Å². The maximum atomic E-state index is 3.30. The van der Waals surface area contributed by atoms with Gasteiger partial charge in [-0.15, -0.1) is 45.3 Å². The molecule has 0 aromatic heterocycles. The van der Waals surface area contributed by atoms with Crippen molar-refractivity contribution in [1.82, 2.24) is 0 Å². The van der Waals surface area contributed by atoms with Gasteiger partial charge in [-0.1, -0.05) is 89.3 Å². The summed E-state index contributed by atoms with van der Waals surface area (Å²) in [7, 11) is 0. The second-order valence-corrected chi connectivity index (χ2v) is 7.88. The molecular formula is C32H26SiZr-4. The summed E-state index contributed by atoms with van der Waals surface area (Å²) in [5.41, 5.74) is 5.51. The van der Waals surface area contributed by atoms with E-state index >= 15 is 0 Å². The topological polar surface area (TPSA) is 0 Å². The van der Waals surface area contributed by atoms with Gasteiger partial charge >= 0.3 is 30.2 Å². The molecule has 0 bridgehead atoms. The van der Waals surface area contributed by atoms with Crippen LogP contribution in [-0.4, -0.2) is 6.88 Å². The van der Waals surface area contributed by atoms with Gasteiger partial charge in [-0.2, -0.15) is 29.8 Å². The van der Waals surface area contributed by atoms with Gasteiger partial charge in [0, 0.05) is 0 Å². The molecule has 0 heterocycles. The summed E-state index contributed by atoms with van der Waals surface area (Å²) in [5.74, 6) is 0. The molecule has 6 aromatic rings. The van der Waals surface area contributed by atoms with Gasteiger partial charge in [-0.25, -0.2) is 0 Å². The quantitative estimate of drug-likeness (QED) is 0.137. The minimum atomic E-state index is 0. The number of fused-ring (bicyclic) bond motifs is 8. The van der Waals surface area contributed by atoms with Crippen LogP contribution in [0, 0.1) is 20.9 Å². The maximum Gasteiger partial charge on any atom is -0.0253 e. The van der Waals surface area contributed by atoms with E-state index in [-0.39, 0.29) is 14.9 Å². The molecule has 0 atom stereocenters. The van der Waals surface area contributed by atoms with Gasteiger partial charge in [0.05, 0.1) is 0 Å². The molecule has 0 unspecified atom stereocenters. The third kappa shape index (κ3) is 4.76. The predicted molar refractivity (Wildman–Crippen MR) is 147 cm³/mol. The monoisotopic (exact) mass is 528 g/mol. The summed E-state index contributed by atoms with van der Waals surface area (Å²) in [5, 5.41) is 8.09. The third-order valence-corrected chi connectivity index (χ3v) is 6.12. The van der Waals surface area contributed by atoms with Crippen molar-refractivity contribution in [3.63, 3.8) is 0 Å². The molecule has 1 aliphatic carbocycles. The number of benzene rings is 5. The van der Waals surface area contributed by atoms with Gasteiger partial charge < -0.3 is 14.9 Å². The van der Waals surface area contributed by atoms with Crippen LogP contribution >= 0.6 is 0 Å². The van der Waals surface area contributed by atoms with Crippen LogP contribution in [0.15, 0.2) is 109 Å². The molecule has 0 nitrogen and oxygen atoms in total. The molecule has 2 heteroatoms. The first-order valence-corrected chi connectivity index (χ1v) is 14.9. The van der Waals surface area contributed by atoms with E-state index in [9.17, 15) is 0 Å². The Morgan fingerprint density at radius 2 is 1.32 bits per heavy atom. The largest absolute Gasteiger partial charge is 0.179 e. The first kappa shape index (κ1) is 25.9. The standard InChI is InChI=1S/C17H11.C13H9.2CH3.Si.Zr/c1-3-7-15-12(5-1)9-10-14-11-13-6-2-4-8-16(13)17(14)15;1-3-7-12-10(5-1)9-11-6-2-4-8-13(11)12;;;;/h1-11H;1-5,7-8H,9H2;2*1H3;;/q4*-1;;. The summed E-state index contributed by atoms with van der Waals surface area (Å²) in [6, 6.07) is 42.0. The fourth-order valence-electron chi connectivity index (χ4n) is 4.72. The molecule has 166 valence electrons. The van der Waals surface area contributed by atoms with Crippen LogP contribution < -0.4 is 0 Å². The van der Waals surface area contributed by atoms with Gasteiger partial charge in [-0.05, 0) is 11.8 Å². The van der Waals surface area contributed by atoms with E-state index in [1.807, 2.05) is 6.07 Å². The Morgan fingerprint density at radius 1 is 0.647 bits per heavy atom. The van der Waals surface area contributed by atoms with Crippen molar-refractivity contribution in [2.75, 3.05) is 0 Å². The minimum Gasteiger partial charge on any atom is -0.179 e. The zero-order chi connectivity index (χ0) is 21.9. The second kappa shape index (κ2) is 11.6. The van der Waals surface area contributed by atoms with Crippen LogP contribution in [0.5, 0.6) is 0 Å². The molecule has 0 N–H and O–H groups in total. The second-order valence-electron chi connectivity index (χ2n) is 7.88. The van der Waals surface area contributed by atoms with E-state index < -0.39 is 0 Å². The molecule has 0 saturated heterocycles. The van der Waals surface area contributed by atoms with Gasteiger partial charge in [0.15, 0.2) is 0 Å². The van der Waals surface area contributed by atoms with Crippen molar-refractivity contribution >= 4 is 39.2 Å². The summed E-state index contributed by atoms with van der Waals surface area (Å²) in [4.78, 5) is 0. The molecule has 0 amide bonds. The summed E-state index contributed by atoms with van der Waals surface area (Å²) < 4.78 is 0. The molecule has 7 rings (SSSR count). The van der Waals surface area contributed by atoms with E-state index in [2.05, 4.69) is 116 Å². The van der Waals surface area contributed by atoms with Crippen LogP contribution in [0.25, 0.3) is 43.4 Å². The van der Waals surface area contributed by atoms with Crippen molar-refractivity contribution in [3.8, 4) is 11.1 Å². The Labute approximate surface area is 220 Å². The molecule has 0 fully saturated rings. The zero-order valence-electron chi connectivity index (χ0n) is 19.6. The Balaban J connectivity index is 0.000000173. The average molecular weight is 530 g/mol. The molecule has 0 aliphatic heterocycles. The van der Waals surface area contributed by atoms with Crippen molar-refractivity contribution in [3.05, 3.63) is 141 Å². The maximum absolute atomic E-state index is 3.30. The van der Waals surface area contributed by atoms with E-state index in [4.69, 9.17) is 0 Å². The smallest absolute Gasteiger partial charge is 0.0253 e. The molecule has 1 aliphatic rings. The van der Waals surface area contributed by atoms with Crippen molar-refractivity contribution < 1.29 is 23.3 Å². The van der Waals surface area contributed by atoms with Crippen molar-refractivity contribution in [1.29, 1.82) is 0 Å². The van der Waals surface area contributed by atoms with Crippen LogP contribution in [0.1, 0.15) is 11.1 Å². The summed E-state index contributed by atoms with van der Waals surface area (Å²) in [6.45, 7) is 3.06. The van der Waals surface area contributed by atoms with E-state index in [1.54, 1.807) is 0 Å². The van der Waals surface area contributed by atoms with E-state index in [1.165, 1.54) is 77.9 Å². The number of rotatable bonds is 0. The average Bonchev–Trinajstić information content (AvgIpc) is 3.44. The molecule has 0 spiro atoms. The molecular weight excluding hydrogens is 504 g/mol. The first-order valence-electron chi connectivity index (χ1n) is 10.7. The van der Waals surface area contributed by atoms with Gasteiger partial charge in [0.1, 0.15) is 0 Å². The molecule has 0 saturated carbocycles. The van der Waals surface area contributed by atoms with Crippen LogP contribution in [0.2, 0.25) is 0 Å². The normalized spacial score (nSPS) is 10.6. The first-order chi connectivity index (χ1) is 15.9. The molecule has 2 radical (unpaired) electrons. The van der Waals surface area contributed by atoms with E-state index in [0.29, 0.717) is 0 Å². The summed E-state index contributed by atoms with van der Waals surface area (Å²) in [6.07, 6.45) is 1.05. The Bertz CT molecular complexity index is 1490. The Kier molecular flexibility index (Phi) is 8.89. The van der Waals surface area contributed by atoms with E-state index in [0.717, 1.165) is 6.42 Å². The SMILES string of the molecule is [CH3-].[CH3-].[Si]=[Zr].[c-]1cccc2c1Cc1ccccc1-2.c1ccc2c(c1)ccc1[cH-]c3ccccc3c12. The molecule has 6 aromatic carbocycles. The fraction of sp³-hybridized carbons (Fsp3) is 0.0312. The Morgan fingerprint density at radius 3 is 2.18 bits per heavy atom. The van der Waals surface area contributed by atoms with Gasteiger partial charge in [0.25, 0.3) is 0 Å². The van der Waals surface area contributed by atoms with Crippen LogP contribution in [0.3, 0.4) is 0 Å². The minimum absolute atomic E-state index is 0. The fourth-order valence-corrected chi connectivity index (χ4v) is 4.72. The number of hydrogen-bond acceptors (Lipinski definition) is 0.